The van der Waals surface area contributed by atoms with E-state index in [4.69, 9.17) is 19.4 Å². The minimum atomic E-state index is -1.91. The summed E-state index contributed by atoms with van der Waals surface area (Å²) in [5.41, 5.74) is 2.94. The molecule has 0 aliphatic carbocycles. The largest absolute Gasteiger partial charge is 0.707 e. The molecule has 100 valence electrons. The zero-order valence-electron chi connectivity index (χ0n) is 11.0. The Morgan fingerprint density at radius 2 is 1.58 bits per heavy atom. The van der Waals surface area contributed by atoms with Gasteiger partial charge in [-0.2, -0.15) is 0 Å². The monoisotopic (exact) mass is 262 g/mol. The van der Waals surface area contributed by atoms with Gasteiger partial charge in [0.25, 0.3) is 0 Å². The van der Waals surface area contributed by atoms with E-state index in [-0.39, 0.29) is 5.75 Å². The Hall–Kier alpha value is -1.86. The van der Waals surface area contributed by atoms with E-state index >= 15 is 0 Å². The minimum Gasteiger partial charge on any atom is -0.509 e. The molecule has 0 fully saturated rings. The van der Waals surface area contributed by atoms with Gasteiger partial charge < -0.3 is 19.4 Å². The van der Waals surface area contributed by atoms with E-state index in [0.717, 1.165) is 11.4 Å². The highest BCUT2D eigenvalue weighted by Gasteiger charge is 2.17. The van der Waals surface area contributed by atoms with Crippen LogP contribution in [0.15, 0.2) is 12.1 Å². The molecule has 7 heteroatoms. The van der Waals surface area contributed by atoms with Crippen LogP contribution in [0.1, 0.15) is 18.3 Å². The van der Waals surface area contributed by atoms with Gasteiger partial charge in [-0.05, 0) is 20.8 Å². The fourth-order valence-electron chi connectivity index (χ4n) is 1.71. The molecule has 0 saturated carbocycles. The summed E-state index contributed by atoms with van der Waals surface area (Å²) >= 11 is 0. The molecule has 0 aliphatic rings. The van der Waals surface area contributed by atoms with Crippen LogP contribution in [0.2, 0.25) is 0 Å². The molecule has 1 aromatic heterocycles. The number of aromatic nitrogens is 2. The second-order valence-corrected chi connectivity index (χ2v) is 4.06. The zero-order chi connectivity index (χ0) is 14.0. The van der Waals surface area contributed by atoms with E-state index in [1.807, 2.05) is 20.8 Å². The Bertz CT molecular complexity index is 604. The Morgan fingerprint density at radius 1 is 1.05 bits per heavy atom. The van der Waals surface area contributed by atoms with Crippen molar-refractivity contribution >= 4 is 18.4 Å². The molecular formula is C12H15BN2O4. The van der Waals surface area contributed by atoms with Crippen LogP contribution >= 0.6 is 0 Å². The summed E-state index contributed by atoms with van der Waals surface area (Å²) in [5, 5.41) is 17.8. The first-order chi connectivity index (χ1) is 9.01. The van der Waals surface area contributed by atoms with Gasteiger partial charge in [0.1, 0.15) is 5.75 Å². The van der Waals surface area contributed by atoms with Gasteiger partial charge in [-0.25, -0.2) is 9.97 Å². The lowest BCUT2D eigenvalue weighted by atomic mass is 10.2. The number of benzene rings is 1. The van der Waals surface area contributed by atoms with Crippen LogP contribution in [0.25, 0.3) is 11.0 Å². The van der Waals surface area contributed by atoms with Crippen molar-refractivity contribution in [1.29, 1.82) is 0 Å². The van der Waals surface area contributed by atoms with Crippen molar-refractivity contribution in [2.24, 2.45) is 0 Å². The summed E-state index contributed by atoms with van der Waals surface area (Å²) in [6, 6.07) is 3.26. The lowest BCUT2D eigenvalue weighted by Gasteiger charge is -2.13. The summed E-state index contributed by atoms with van der Waals surface area (Å²) < 4.78 is 10.3. The van der Waals surface area contributed by atoms with Crippen molar-refractivity contribution in [1.82, 2.24) is 9.97 Å². The maximum Gasteiger partial charge on any atom is 0.707 e. The number of nitrogens with zero attached hydrogens (tertiary/aromatic N) is 2. The SMILES string of the molecule is CCOc1cc2nc(C)c(C)nc2cc1OB(O)O. The minimum absolute atomic E-state index is 0.224. The number of ether oxygens (including phenoxy) is 1. The fourth-order valence-corrected chi connectivity index (χ4v) is 1.71. The number of aryl methyl sites for hydroxylation is 2. The van der Waals surface area contributed by atoms with Crippen molar-refractivity contribution in [3.05, 3.63) is 23.5 Å². The van der Waals surface area contributed by atoms with Gasteiger partial charge >= 0.3 is 7.32 Å². The Morgan fingerprint density at radius 3 is 2.05 bits per heavy atom. The third-order valence-corrected chi connectivity index (χ3v) is 2.67. The molecule has 0 amide bonds. The van der Waals surface area contributed by atoms with Gasteiger partial charge in [0.15, 0.2) is 5.75 Å². The predicted molar refractivity (Wildman–Crippen MR) is 71.0 cm³/mol. The van der Waals surface area contributed by atoms with Crippen LogP contribution in [0.3, 0.4) is 0 Å². The molecule has 0 bridgehead atoms. The van der Waals surface area contributed by atoms with Crippen molar-refractivity contribution < 1.29 is 19.4 Å². The van der Waals surface area contributed by atoms with Gasteiger partial charge in [0, 0.05) is 12.1 Å². The molecule has 2 aromatic rings. The molecule has 1 aromatic carbocycles. The maximum absolute atomic E-state index is 8.91. The second-order valence-electron chi connectivity index (χ2n) is 4.06. The van der Waals surface area contributed by atoms with Crippen molar-refractivity contribution in [2.75, 3.05) is 6.61 Å². The highest BCUT2D eigenvalue weighted by atomic mass is 16.6. The zero-order valence-corrected chi connectivity index (χ0v) is 11.0. The average molecular weight is 262 g/mol. The Labute approximate surface area is 111 Å². The van der Waals surface area contributed by atoms with Gasteiger partial charge in [0.05, 0.1) is 29.0 Å². The topological polar surface area (TPSA) is 84.7 Å². The third-order valence-electron chi connectivity index (χ3n) is 2.67. The fraction of sp³-hybridized carbons (Fsp3) is 0.333. The maximum atomic E-state index is 8.91. The molecule has 19 heavy (non-hydrogen) atoms. The van der Waals surface area contributed by atoms with Crippen molar-refractivity contribution in [3.63, 3.8) is 0 Å². The summed E-state index contributed by atoms with van der Waals surface area (Å²) in [5.74, 6) is 0.627. The van der Waals surface area contributed by atoms with Gasteiger partial charge in [0.2, 0.25) is 0 Å². The summed E-state index contributed by atoms with van der Waals surface area (Å²) in [7, 11) is -1.91. The summed E-state index contributed by atoms with van der Waals surface area (Å²) in [6.07, 6.45) is 0. The molecule has 0 atom stereocenters. The van der Waals surface area contributed by atoms with Crippen molar-refractivity contribution in [3.8, 4) is 11.5 Å². The van der Waals surface area contributed by atoms with E-state index in [0.29, 0.717) is 23.4 Å². The smallest absolute Gasteiger partial charge is 0.509 e. The van der Waals surface area contributed by atoms with E-state index in [1.54, 1.807) is 12.1 Å². The quantitative estimate of drug-likeness (QED) is 0.799. The lowest BCUT2D eigenvalue weighted by molar-refractivity contribution is 0.272. The summed E-state index contributed by atoms with van der Waals surface area (Å²) in [6.45, 7) is 6.00. The first-order valence-corrected chi connectivity index (χ1v) is 5.96. The first-order valence-electron chi connectivity index (χ1n) is 5.96. The van der Waals surface area contributed by atoms with Crippen LogP contribution < -0.4 is 9.39 Å². The van der Waals surface area contributed by atoms with Gasteiger partial charge in [-0.3, -0.25) is 0 Å². The van der Waals surface area contributed by atoms with E-state index < -0.39 is 7.32 Å². The molecule has 0 unspecified atom stereocenters. The van der Waals surface area contributed by atoms with Crippen LogP contribution in [-0.4, -0.2) is 33.9 Å². The number of fused-ring (bicyclic) bond motifs is 1. The van der Waals surface area contributed by atoms with Crippen LogP contribution in [0, 0.1) is 13.8 Å². The van der Waals surface area contributed by atoms with Crippen LogP contribution in [0.4, 0.5) is 0 Å². The molecule has 2 N–H and O–H groups in total. The molecular weight excluding hydrogens is 247 g/mol. The molecule has 0 saturated heterocycles. The van der Waals surface area contributed by atoms with Crippen LogP contribution in [-0.2, 0) is 0 Å². The predicted octanol–water partition coefficient (Wildman–Crippen LogP) is 0.994. The molecule has 1 heterocycles. The Balaban J connectivity index is 2.58. The van der Waals surface area contributed by atoms with Gasteiger partial charge in [-0.1, -0.05) is 0 Å². The number of hydrogen-bond donors (Lipinski definition) is 2. The van der Waals surface area contributed by atoms with E-state index in [1.165, 1.54) is 0 Å². The highest BCUT2D eigenvalue weighted by Crippen LogP contribution is 2.31. The molecule has 6 nitrogen and oxygen atoms in total. The molecule has 2 rings (SSSR count). The molecule has 0 aliphatic heterocycles. The average Bonchev–Trinajstić information content (AvgIpc) is 2.32. The van der Waals surface area contributed by atoms with Crippen molar-refractivity contribution in [2.45, 2.75) is 20.8 Å². The third kappa shape index (κ3) is 2.94. The number of hydrogen-bond acceptors (Lipinski definition) is 6. The number of rotatable bonds is 4. The highest BCUT2D eigenvalue weighted by molar-refractivity contribution is 6.33. The van der Waals surface area contributed by atoms with Crippen LogP contribution in [0.5, 0.6) is 11.5 Å². The van der Waals surface area contributed by atoms with E-state index in [2.05, 4.69) is 9.97 Å². The second kappa shape index (κ2) is 5.42. The van der Waals surface area contributed by atoms with Gasteiger partial charge in [-0.15, -0.1) is 0 Å². The normalized spacial score (nSPS) is 10.6. The molecule has 0 radical (unpaired) electrons. The summed E-state index contributed by atoms with van der Waals surface area (Å²) in [4.78, 5) is 8.80. The lowest BCUT2D eigenvalue weighted by Crippen LogP contribution is -2.21. The van der Waals surface area contributed by atoms with E-state index in [9.17, 15) is 0 Å². The molecule has 0 spiro atoms. The Kier molecular flexibility index (Phi) is 3.87. The first kappa shape index (κ1) is 13.6. The standard InChI is InChI=1S/C12H15BN2O4/c1-4-18-11-5-9-10(6-12(11)19-13(16)17)15-8(3)7(2)14-9/h5-6,16-17H,4H2,1-3H3.